The molecule has 1 aromatic heterocycles. The van der Waals surface area contributed by atoms with Crippen molar-refractivity contribution in [1.82, 2.24) is 9.97 Å². The van der Waals surface area contributed by atoms with Crippen LogP contribution in [0.2, 0.25) is 0 Å². The number of allylic oxidation sites excluding steroid dienone is 2. The van der Waals surface area contributed by atoms with Crippen LogP contribution in [0.4, 0.5) is 8.78 Å². The molecular formula is C22H26F2N4O2. The fraction of sp³-hybridized carbons (Fsp3) is 0.364. The zero-order chi connectivity index (χ0) is 21.9. The second-order valence-electron chi connectivity index (χ2n) is 7.85. The molecule has 5 N–H and O–H groups in total. The van der Waals surface area contributed by atoms with Crippen molar-refractivity contribution in [2.24, 2.45) is 22.8 Å². The second kappa shape index (κ2) is 8.69. The number of benzene rings is 1. The van der Waals surface area contributed by atoms with Gasteiger partial charge in [0, 0.05) is 16.8 Å². The standard InChI is InChI=1S/C22H26F2N4O2/c1-13(2)22(12-30-19-11-27-10-18(29)28-19)8-4-5-14(21(22)26)9-17(25)20-15(23)6-3-7-16(20)24/h3,6-7,9-11,13H,4-5,8,12,25-26H2,1-2H3,(H,28,29)/b17-9-. The lowest BCUT2D eigenvalue weighted by Crippen LogP contribution is -2.42. The van der Waals surface area contributed by atoms with E-state index in [-0.39, 0.29) is 35.2 Å². The lowest BCUT2D eigenvalue weighted by molar-refractivity contribution is 0.103. The van der Waals surface area contributed by atoms with E-state index in [2.05, 4.69) is 9.97 Å². The topological polar surface area (TPSA) is 107 Å². The van der Waals surface area contributed by atoms with Gasteiger partial charge in [-0.05, 0) is 49.0 Å². The van der Waals surface area contributed by atoms with Gasteiger partial charge in [-0.25, -0.2) is 8.78 Å². The highest BCUT2D eigenvalue weighted by Gasteiger charge is 2.41. The van der Waals surface area contributed by atoms with Gasteiger partial charge in [0.2, 0.25) is 5.88 Å². The average molecular weight is 416 g/mol. The van der Waals surface area contributed by atoms with Crippen molar-refractivity contribution in [2.75, 3.05) is 6.61 Å². The molecule has 1 heterocycles. The van der Waals surface area contributed by atoms with Gasteiger partial charge in [0.15, 0.2) is 0 Å². The van der Waals surface area contributed by atoms with Crippen LogP contribution in [0.5, 0.6) is 5.88 Å². The molecular weight excluding hydrogens is 390 g/mol. The van der Waals surface area contributed by atoms with Gasteiger partial charge in [0.1, 0.15) is 18.2 Å². The molecule has 1 aliphatic carbocycles. The number of nitrogens with one attached hydrogen (secondary N) is 1. The van der Waals surface area contributed by atoms with Gasteiger partial charge in [0.25, 0.3) is 5.56 Å². The molecule has 1 aromatic carbocycles. The Morgan fingerprint density at radius 1 is 1.33 bits per heavy atom. The van der Waals surface area contributed by atoms with Gasteiger partial charge in [0.05, 0.1) is 18.0 Å². The van der Waals surface area contributed by atoms with Crippen molar-refractivity contribution in [3.8, 4) is 5.88 Å². The number of nitrogens with zero attached hydrogens (tertiary/aromatic N) is 1. The lowest BCUT2D eigenvalue weighted by atomic mass is 9.67. The maximum Gasteiger partial charge on any atom is 0.269 e. The van der Waals surface area contributed by atoms with Gasteiger partial charge in [-0.15, -0.1) is 0 Å². The summed E-state index contributed by atoms with van der Waals surface area (Å²) in [4.78, 5) is 17.9. The molecule has 0 amide bonds. The van der Waals surface area contributed by atoms with Gasteiger partial charge in [-0.3, -0.25) is 14.8 Å². The molecule has 1 aliphatic rings. The Balaban J connectivity index is 1.97. The predicted molar refractivity (Wildman–Crippen MR) is 111 cm³/mol. The van der Waals surface area contributed by atoms with Crippen LogP contribution in [0.25, 0.3) is 5.70 Å². The van der Waals surface area contributed by atoms with Crippen molar-refractivity contribution < 1.29 is 13.5 Å². The maximum atomic E-state index is 14.1. The van der Waals surface area contributed by atoms with Gasteiger partial charge < -0.3 is 16.2 Å². The third kappa shape index (κ3) is 4.22. The first kappa shape index (κ1) is 21.5. The van der Waals surface area contributed by atoms with Crippen molar-refractivity contribution in [3.05, 3.63) is 75.5 Å². The Labute approximate surface area is 173 Å². The highest BCUT2D eigenvalue weighted by Crippen LogP contribution is 2.45. The van der Waals surface area contributed by atoms with Crippen LogP contribution in [-0.4, -0.2) is 16.6 Å². The Morgan fingerprint density at radius 2 is 2.03 bits per heavy atom. The largest absolute Gasteiger partial charge is 0.477 e. The minimum atomic E-state index is -0.724. The summed E-state index contributed by atoms with van der Waals surface area (Å²) < 4.78 is 34.1. The smallest absolute Gasteiger partial charge is 0.269 e. The highest BCUT2D eigenvalue weighted by molar-refractivity contribution is 5.67. The van der Waals surface area contributed by atoms with Gasteiger partial charge in [-0.2, -0.15) is 0 Å². The van der Waals surface area contributed by atoms with E-state index in [9.17, 15) is 13.6 Å². The Kier molecular flexibility index (Phi) is 6.24. The number of rotatable bonds is 6. The van der Waals surface area contributed by atoms with E-state index in [1.54, 1.807) is 6.08 Å². The highest BCUT2D eigenvalue weighted by atomic mass is 19.1. The molecule has 0 fully saturated rings. The van der Waals surface area contributed by atoms with Crippen molar-refractivity contribution in [2.45, 2.75) is 33.1 Å². The quantitative estimate of drug-likeness (QED) is 0.668. The summed E-state index contributed by atoms with van der Waals surface area (Å²) in [5.41, 5.74) is 12.8. The third-order valence-electron chi connectivity index (χ3n) is 5.75. The Bertz CT molecular complexity index is 1030. The molecule has 6 nitrogen and oxygen atoms in total. The summed E-state index contributed by atoms with van der Waals surface area (Å²) in [5.74, 6) is -1.09. The second-order valence-corrected chi connectivity index (χ2v) is 7.85. The van der Waals surface area contributed by atoms with Crippen LogP contribution < -0.4 is 21.8 Å². The zero-order valence-corrected chi connectivity index (χ0v) is 17.0. The SMILES string of the molecule is CC(C)C1(COc2cncc(=O)[nH]2)CCCC(/C=C(\N)c2c(F)cccc2F)=C1N. The molecule has 0 bridgehead atoms. The molecule has 0 spiro atoms. The lowest BCUT2D eigenvalue weighted by Gasteiger charge is -2.41. The number of aromatic amines is 1. The predicted octanol–water partition coefficient (Wildman–Crippen LogP) is 3.47. The molecule has 30 heavy (non-hydrogen) atoms. The molecule has 0 aliphatic heterocycles. The number of nitrogens with two attached hydrogens (primary N) is 2. The summed E-state index contributed by atoms with van der Waals surface area (Å²) in [6.45, 7) is 4.30. The summed E-state index contributed by atoms with van der Waals surface area (Å²) in [7, 11) is 0. The maximum absolute atomic E-state index is 14.1. The fourth-order valence-electron chi connectivity index (χ4n) is 3.92. The average Bonchev–Trinajstić information content (AvgIpc) is 2.68. The van der Waals surface area contributed by atoms with E-state index in [1.165, 1.54) is 24.4 Å². The number of halogens is 2. The summed E-state index contributed by atoms with van der Waals surface area (Å²) in [6.07, 6.45) is 6.36. The van der Waals surface area contributed by atoms with E-state index < -0.39 is 17.0 Å². The minimum absolute atomic E-state index is 0.0133. The van der Waals surface area contributed by atoms with Crippen LogP contribution in [0, 0.1) is 23.0 Å². The van der Waals surface area contributed by atoms with E-state index in [1.807, 2.05) is 13.8 Å². The number of hydrogen-bond donors (Lipinski definition) is 3. The van der Waals surface area contributed by atoms with E-state index >= 15 is 0 Å². The normalized spacial score (nSPS) is 20.0. The summed E-state index contributed by atoms with van der Waals surface area (Å²) in [6, 6.07) is 3.62. The molecule has 1 unspecified atom stereocenters. The summed E-state index contributed by atoms with van der Waals surface area (Å²) >= 11 is 0. The minimum Gasteiger partial charge on any atom is -0.477 e. The number of aromatic nitrogens is 2. The third-order valence-corrected chi connectivity index (χ3v) is 5.75. The van der Waals surface area contributed by atoms with Crippen LogP contribution in [-0.2, 0) is 0 Å². The number of H-pyrrole nitrogens is 1. The molecule has 0 saturated carbocycles. The molecule has 1 atom stereocenters. The fourth-order valence-corrected chi connectivity index (χ4v) is 3.92. The van der Waals surface area contributed by atoms with Crippen LogP contribution in [0.1, 0.15) is 38.7 Å². The van der Waals surface area contributed by atoms with E-state index in [0.717, 1.165) is 24.6 Å². The monoisotopic (exact) mass is 416 g/mol. The van der Waals surface area contributed by atoms with Crippen molar-refractivity contribution in [1.29, 1.82) is 0 Å². The van der Waals surface area contributed by atoms with E-state index in [0.29, 0.717) is 12.1 Å². The zero-order valence-electron chi connectivity index (χ0n) is 17.0. The van der Waals surface area contributed by atoms with Crippen LogP contribution in [0.15, 0.2) is 52.7 Å². The summed E-state index contributed by atoms with van der Waals surface area (Å²) in [5, 5.41) is 0. The van der Waals surface area contributed by atoms with Gasteiger partial charge in [-0.1, -0.05) is 19.9 Å². The van der Waals surface area contributed by atoms with Crippen molar-refractivity contribution in [3.63, 3.8) is 0 Å². The first-order valence-electron chi connectivity index (χ1n) is 9.82. The molecule has 2 aromatic rings. The van der Waals surface area contributed by atoms with Crippen LogP contribution >= 0.6 is 0 Å². The van der Waals surface area contributed by atoms with E-state index in [4.69, 9.17) is 16.2 Å². The van der Waals surface area contributed by atoms with Gasteiger partial charge >= 0.3 is 0 Å². The Morgan fingerprint density at radius 3 is 2.67 bits per heavy atom. The van der Waals surface area contributed by atoms with Crippen molar-refractivity contribution >= 4 is 5.70 Å². The first-order valence-corrected chi connectivity index (χ1v) is 9.82. The van der Waals surface area contributed by atoms with Crippen LogP contribution in [0.3, 0.4) is 0 Å². The molecule has 0 saturated heterocycles. The molecule has 8 heteroatoms. The number of hydrogen-bond acceptors (Lipinski definition) is 5. The molecule has 3 rings (SSSR count). The molecule has 0 radical (unpaired) electrons. The first-order chi connectivity index (χ1) is 14.2. The number of ether oxygens (including phenoxy) is 1. The molecule has 160 valence electrons. The Hall–Kier alpha value is -3.16.